The summed E-state index contributed by atoms with van der Waals surface area (Å²) >= 11 is 0. The van der Waals surface area contributed by atoms with Crippen LogP contribution in [-0.2, 0) is 26.2 Å². The van der Waals surface area contributed by atoms with Gasteiger partial charge in [-0.2, -0.15) is 0 Å². The number of amides is 2. The Morgan fingerprint density at radius 1 is 0.826 bits per heavy atom. The molecule has 1 saturated heterocycles. The molecule has 9 heteroatoms. The van der Waals surface area contributed by atoms with Crippen LogP contribution in [0.2, 0.25) is 0 Å². The summed E-state index contributed by atoms with van der Waals surface area (Å²) in [5.74, 6) is -0.170. The first-order chi connectivity index (χ1) is 22.2. The van der Waals surface area contributed by atoms with E-state index in [9.17, 15) is 18.0 Å². The molecule has 0 aromatic heterocycles. The highest BCUT2D eigenvalue weighted by atomic mass is 32.2. The molecule has 1 aliphatic heterocycles. The Hall–Kier alpha value is -5.15. The van der Waals surface area contributed by atoms with Crippen LogP contribution in [0.4, 0.5) is 4.79 Å². The second kappa shape index (κ2) is 12.7. The van der Waals surface area contributed by atoms with Crippen LogP contribution in [-0.4, -0.2) is 42.8 Å². The third kappa shape index (κ3) is 5.70. The summed E-state index contributed by atoms with van der Waals surface area (Å²) in [5.41, 5.74) is 3.08. The zero-order valence-electron chi connectivity index (χ0n) is 25.7. The number of rotatable bonds is 9. The van der Waals surface area contributed by atoms with Gasteiger partial charge in [0.05, 0.1) is 18.0 Å². The van der Waals surface area contributed by atoms with Crippen molar-refractivity contribution in [3.8, 4) is 5.75 Å². The first-order valence-electron chi connectivity index (χ1n) is 15.0. The fraction of sp³-hybridized carbons (Fsp3) is 0.189. The van der Waals surface area contributed by atoms with Crippen molar-refractivity contribution in [1.29, 1.82) is 0 Å². The van der Waals surface area contributed by atoms with Crippen LogP contribution in [0.5, 0.6) is 5.75 Å². The van der Waals surface area contributed by atoms with Gasteiger partial charge in [-0.25, -0.2) is 22.3 Å². The van der Waals surface area contributed by atoms with E-state index < -0.39 is 40.1 Å². The molecule has 0 bridgehead atoms. The van der Waals surface area contributed by atoms with Crippen LogP contribution in [0.3, 0.4) is 0 Å². The van der Waals surface area contributed by atoms with E-state index in [-0.39, 0.29) is 4.90 Å². The van der Waals surface area contributed by atoms with Gasteiger partial charge in [-0.15, -0.1) is 0 Å². The topological polar surface area (TPSA) is 93.2 Å². The molecule has 5 aromatic rings. The zero-order valence-corrected chi connectivity index (χ0v) is 26.6. The van der Waals surface area contributed by atoms with Crippen molar-refractivity contribution in [3.63, 3.8) is 0 Å². The summed E-state index contributed by atoms with van der Waals surface area (Å²) in [5, 5.41) is 1.85. The minimum absolute atomic E-state index is 0.0532. The Morgan fingerprint density at radius 3 is 2.17 bits per heavy atom. The van der Waals surface area contributed by atoms with Gasteiger partial charge in [-0.3, -0.25) is 0 Å². The Balaban J connectivity index is 1.46. The standard InChI is InChI=1S/C37H34N2O6S/c1-25-16-22-31(23-17-25)46(42,43)39-34(29-18-20-30(21-19-29)45-24-27-10-5-4-6-11-27)35(36(40)44-3)38(37(39)41)26(2)32-15-9-13-28-12-7-8-14-33(28)32/h4-23,26,34-35H,24H2,1-3H3. The van der Waals surface area contributed by atoms with Gasteiger partial charge < -0.3 is 14.4 Å². The van der Waals surface area contributed by atoms with Gasteiger partial charge in [0, 0.05) is 0 Å². The smallest absolute Gasteiger partial charge is 0.335 e. The lowest BCUT2D eigenvalue weighted by atomic mass is 9.95. The SMILES string of the molecule is COC(=O)C1C(c2ccc(OCc3ccccc3)cc2)N(S(=O)(=O)c2ccc(C)cc2)C(=O)N1C(C)c1cccc2ccccc12. The Labute approximate surface area is 268 Å². The van der Waals surface area contributed by atoms with Crippen molar-refractivity contribution in [2.45, 2.75) is 43.5 Å². The quantitative estimate of drug-likeness (QED) is 0.159. The van der Waals surface area contributed by atoms with Crippen LogP contribution in [0.25, 0.3) is 10.8 Å². The molecule has 1 aliphatic rings. The number of carbonyl (C=O) groups excluding carboxylic acids is 2. The minimum atomic E-state index is -4.42. The lowest BCUT2D eigenvalue weighted by Gasteiger charge is -2.30. The monoisotopic (exact) mass is 634 g/mol. The summed E-state index contributed by atoms with van der Waals surface area (Å²) in [7, 11) is -3.18. The fourth-order valence-electron chi connectivity index (χ4n) is 6.06. The van der Waals surface area contributed by atoms with Crippen molar-refractivity contribution in [3.05, 3.63) is 144 Å². The van der Waals surface area contributed by atoms with Crippen molar-refractivity contribution in [1.82, 2.24) is 9.21 Å². The number of esters is 1. The molecule has 234 valence electrons. The van der Waals surface area contributed by atoms with Crippen LogP contribution in [0.1, 0.15) is 41.3 Å². The Kier molecular flexibility index (Phi) is 8.51. The first-order valence-corrected chi connectivity index (χ1v) is 16.4. The fourth-order valence-corrected chi connectivity index (χ4v) is 7.61. The largest absolute Gasteiger partial charge is 0.489 e. The van der Waals surface area contributed by atoms with Crippen LogP contribution >= 0.6 is 0 Å². The van der Waals surface area contributed by atoms with E-state index in [0.29, 0.717) is 17.9 Å². The van der Waals surface area contributed by atoms with Gasteiger partial charge in [0.25, 0.3) is 10.0 Å². The molecule has 1 fully saturated rings. The molecule has 3 unspecified atom stereocenters. The molecular formula is C37H34N2O6S. The van der Waals surface area contributed by atoms with Gasteiger partial charge in [-0.1, -0.05) is 103 Å². The van der Waals surface area contributed by atoms with E-state index in [1.54, 1.807) is 43.3 Å². The van der Waals surface area contributed by atoms with Gasteiger partial charge >= 0.3 is 12.0 Å². The second-order valence-electron chi connectivity index (χ2n) is 11.3. The number of aryl methyl sites for hydroxylation is 1. The van der Waals surface area contributed by atoms with Crippen LogP contribution in [0, 0.1) is 6.92 Å². The lowest BCUT2D eigenvalue weighted by Crippen LogP contribution is -2.42. The van der Waals surface area contributed by atoms with Gasteiger partial charge in [0.2, 0.25) is 0 Å². The average Bonchev–Trinajstić information content (AvgIpc) is 3.40. The van der Waals surface area contributed by atoms with Crippen molar-refractivity contribution in [2.24, 2.45) is 0 Å². The summed E-state index contributed by atoms with van der Waals surface area (Å²) < 4.78 is 40.7. The number of benzene rings is 5. The summed E-state index contributed by atoms with van der Waals surface area (Å²) in [6.07, 6.45) is 0. The molecule has 0 radical (unpaired) electrons. The highest BCUT2D eigenvalue weighted by Crippen LogP contribution is 2.45. The van der Waals surface area contributed by atoms with Crippen molar-refractivity contribution >= 4 is 32.8 Å². The predicted octanol–water partition coefficient (Wildman–Crippen LogP) is 7.20. The molecule has 0 N–H and O–H groups in total. The number of sulfonamides is 1. The zero-order chi connectivity index (χ0) is 32.4. The molecule has 5 aromatic carbocycles. The maximum atomic E-state index is 14.5. The molecule has 0 spiro atoms. The number of ether oxygens (including phenoxy) is 2. The third-order valence-electron chi connectivity index (χ3n) is 8.44. The first kappa shape index (κ1) is 30.9. The maximum Gasteiger partial charge on any atom is 0.335 e. The third-order valence-corrected chi connectivity index (χ3v) is 10.2. The predicted molar refractivity (Wildman–Crippen MR) is 176 cm³/mol. The second-order valence-corrected chi connectivity index (χ2v) is 13.1. The van der Waals surface area contributed by atoms with E-state index in [1.807, 2.05) is 79.7 Å². The number of nitrogens with zero attached hydrogens (tertiary/aromatic N) is 2. The number of carbonyl (C=O) groups is 2. The van der Waals surface area contributed by atoms with Crippen LogP contribution < -0.4 is 4.74 Å². The number of urea groups is 1. The number of hydrogen-bond acceptors (Lipinski definition) is 6. The van der Waals surface area contributed by atoms with Crippen molar-refractivity contribution < 1.29 is 27.5 Å². The van der Waals surface area contributed by atoms with E-state index in [4.69, 9.17) is 9.47 Å². The van der Waals surface area contributed by atoms with E-state index >= 15 is 0 Å². The maximum absolute atomic E-state index is 14.5. The summed E-state index contributed by atoms with van der Waals surface area (Å²) in [4.78, 5) is 29.5. The summed E-state index contributed by atoms with van der Waals surface area (Å²) in [6, 6.07) is 32.3. The van der Waals surface area contributed by atoms with Crippen molar-refractivity contribution in [2.75, 3.05) is 7.11 Å². The summed E-state index contributed by atoms with van der Waals surface area (Å²) in [6.45, 7) is 3.99. The normalized spacial score (nSPS) is 17.2. The van der Waals surface area contributed by atoms with E-state index in [0.717, 1.165) is 31.8 Å². The molecule has 46 heavy (non-hydrogen) atoms. The minimum Gasteiger partial charge on any atom is -0.489 e. The van der Waals surface area contributed by atoms with Crippen LogP contribution in [0.15, 0.2) is 126 Å². The molecular weight excluding hydrogens is 600 g/mol. The molecule has 2 amide bonds. The van der Waals surface area contributed by atoms with E-state index in [2.05, 4.69) is 0 Å². The average molecular weight is 635 g/mol. The highest BCUT2D eigenvalue weighted by Gasteiger charge is 2.57. The molecule has 1 heterocycles. The van der Waals surface area contributed by atoms with E-state index in [1.165, 1.54) is 24.1 Å². The van der Waals surface area contributed by atoms with Gasteiger partial charge in [0.1, 0.15) is 18.4 Å². The van der Waals surface area contributed by atoms with Gasteiger partial charge in [-0.05, 0) is 65.6 Å². The number of fused-ring (bicyclic) bond motifs is 1. The Bertz CT molecular complexity index is 1970. The molecule has 8 nitrogen and oxygen atoms in total. The van der Waals surface area contributed by atoms with Gasteiger partial charge in [0.15, 0.2) is 6.04 Å². The number of hydrogen-bond donors (Lipinski definition) is 0. The number of methoxy groups -OCH3 is 1. The Morgan fingerprint density at radius 2 is 1.48 bits per heavy atom. The molecule has 0 saturated carbocycles. The molecule has 6 rings (SSSR count). The lowest BCUT2D eigenvalue weighted by molar-refractivity contribution is -0.146. The molecule has 3 atom stereocenters. The highest BCUT2D eigenvalue weighted by molar-refractivity contribution is 7.89. The molecule has 0 aliphatic carbocycles.